The van der Waals surface area contributed by atoms with Gasteiger partial charge in [0.2, 0.25) is 0 Å². The number of fused-ring (bicyclic) bond motifs is 1. The third-order valence-electron chi connectivity index (χ3n) is 2.76. The van der Waals surface area contributed by atoms with Gasteiger partial charge in [-0.3, -0.25) is 0 Å². The Labute approximate surface area is 78.1 Å². The highest BCUT2D eigenvalue weighted by molar-refractivity contribution is 5.04. The summed E-state index contributed by atoms with van der Waals surface area (Å²) in [6.45, 7) is 4.81. The normalized spacial score (nSPS) is 27.3. The van der Waals surface area contributed by atoms with E-state index in [-0.39, 0.29) is 0 Å². The lowest BCUT2D eigenvalue weighted by atomic mass is 9.95. The summed E-state index contributed by atoms with van der Waals surface area (Å²) < 4.78 is 2.04. The first-order valence-corrected chi connectivity index (χ1v) is 4.85. The van der Waals surface area contributed by atoms with E-state index in [2.05, 4.69) is 17.0 Å². The van der Waals surface area contributed by atoms with Crippen molar-refractivity contribution >= 4 is 0 Å². The summed E-state index contributed by atoms with van der Waals surface area (Å²) >= 11 is 0. The van der Waals surface area contributed by atoms with Crippen molar-refractivity contribution < 1.29 is 0 Å². The van der Waals surface area contributed by atoms with Crippen LogP contribution in [0.4, 0.5) is 0 Å². The van der Waals surface area contributed by atoms with Crippen molar-refractivity contribution in [3.8, 4) is 0 Å². The van der Waals surface area contributed by atoms with Crippen LogP contribution in [0.2, 0.25) is 0 Å². The highest BCUT2D eigenvalue weighted by Gasteiger charge is 2.26. The molecule has 2 N–H and O–H groups in total. The van der Waals surface area contributed by atoms with E-state index in [1.807, 2.05) is 11.6 Å². The Morgan fingerprint density at radius 2 is 2.31 bits per heavy atom. The molecule has 1 aliphatic heterocycles. The summed E-state index contributed by atoms with van der Waals surface area (Å²) in [4.78, 5) is 4.43. The fraction of sp³-hybridized carbons (Fsp3) is 0.778. The van der Waals surface area contributed by atoms with Crippen LogP contribution in [-0.4, -0.2) is 21.3 Å². The first kappa shape index (κ1) is 8.69. The number of nitrogens with zero attached hydrogens (tertiary/aromatic N) is 3. The van der Waals surface area contributed by atoms with E-state index in [1.54, 1.807) is 0 Å². The number of hydrogen-bond acceptors (Lipinski definition) is 3. The molecule has 1 aliphatic rings. The van der Waals surface area contributed by atoms with Gasteiger partial charge in [0, 0.05) is 12.5 Å². The summed E-state index contributed by atoms with van der Waals surface area (Å²) in [5, 5.41) is 4.38. The van der Waals surface area contributed by atoms with Crippen LogP contribution in [0.5, 0.6) is 0 Å². The van der Waals surface area contributed by atoms with E-state index in [4.69, 9.17) is 5.73 Å². The first-order valence-electron chi connectivity index (χ1n) is 4.85. The lowest BCUT2D eigenvalue weighted by Crippen LogP contribution is -2.25. The summed E-state index contributed by atoms with van der Waals surface area (Å²) in [6, 6.07) is 0.485. The highest BCUT2D eigenvalue weighted by atomic mass is 15.4. The lowest BCUT2D eigenvalue weighted by molar-refractivity contribution is 0.349. The third kappa shape index (κ3) is 1.35. The molecule has 72 valence electrons. The van der Waals surface area contributed by atoms with Crippen molar-refractivity contribution in [3.63, 3.8) is 0 Å². The smallest absolute Gasteiger partial charge is 0.147 e. The molecule has 2 rings (SSSR count). The van der Waals surface area contributed by atoms with E-state index in [0.29, 0.717) is 18.5 Å². The van der Waals surface area contributed by atoms with Crippen LogP contribution >= 0.6 is 0 Å². The van der Waals surface area contributed by atoms with Crippen molar-refractivity contribution in [3.05, 3.63) is 11.6 Å². The average Bonchev–Trinajstić information content (AvgIpc) is 2.48. The van der Waals surface area contributed by atoms with Gasteiger partial charge in [-0.15, -0.1) is 0 Å². The number of hydrogen-bond donors (Lipinski definition) is 1. The molecule has 0 saturated heterocycles. The quantitative estimate of drug-likeness (QED) is 0.701. The monoisotopic (exact) mass is 180 g/mol. The SMILES string of the molecule is Cc1nc2n(n1)C(C)CCC2CN. The maximum Gasteiger partial charge on any atom is 0.147 e. The second-order valence-electron chi connectivity index (χ2n) is 3.82. The molecule has 0 radical (unpaired) electrons. The molecular formula is C9H16N4. The van der Waals surface area contributed by atoms with Gasteiger partial charge in [-0.25, -0.2) is 9.67 Å². The average molecular weight is 180 g/mol. The van der Waals surface area contributed by atoms with E-state index in [1.165, 1.54) is 0 Å². The molecule has 13 heavy (non-hydrogen) atoms. The number of rotatable bonds is 1. The Kier molecular flexibility index (Phi) is 2.07. The highest BCUT2D eigenvalue weighted by Crippen LogP contribution is 2.30. The summed E-state index contributed by atoms with van der Waals surface area (Å²) in [5.74, 6) is 2.36. The van der Waals surface area contributed by atoms with Crippen molar-refractivity contribution in [2.75, 3.05) is 6.54 Å². The minimum atomic E-state index is 0.414. The van der Waals surface area contributed by atoms with Crippen molar-refractivity contribution in [1.29, 1.82) is 0 Å². The number of aryl methyl sites for hydroxylation is 1. The molecule has 0 fully saturated rings. The van der Waals surface area contributed by atoms with E-state index < -0.39 is 0 Å². The zero-order valence-electron chi connectivity index (χ0n) is 8.20. The Morgan fingerprint density at radius 1 is 1.54 bits per heavy atom. The van der Waals surface area contributed by atoms with E-state index >= 15 is 0 Å². The molecule has 0 aromatic carbocycles. The topological polar surface area (TPSA) is 56.7 Å². The molecule has 0 saturated carbocycles. The van der Waals surface area contributed by atoms with Gasteiger partial charge in [-0.05, 0) is 26.7 Å². The van der Waals surface area contributed by atoms with Crippen molar-refractivity contribution in [2.45, 2.75) is 38.6 Å². The third-order valence-corrected chi connectivity index (χ3v) is 2.76. The molecule has 2 unspecified atom stereocenters. The zero-order valence-corrected chi connectivity index (χ0v) is 8.20. The summed E-state index contributed by atoms with van der Waals surface area (Å²) in [5.41, 5.74) is 5.69. The second kappa shape index (κ2) is 3.10. The van der Waals surface area contributed by atoms with Crippen LogP contribution in [0, 0.1) is 6.92 Å². The van der Waals surface area contributed by atoms with Crippen LogP contribution in [0.3, 0.4) is 0 Å². The van der Waals surface area contributed by atoms with Gasteiger partial charge in [0.1, 0.15) is 11.6 Å². The lowest BCUT2D eigenvalue weighted by Gasteiger charge is -2.25. The first-order chi connectivity index (χ1) is 6.22. The largest absolute Gasteiger partial charge is 0.330 e. The molecule has 0 spiro atoms. The van der Waals surface area contributed by atoms with Crippen LogP contribution in [0.1, 0.15) is 43.4 Å². The van der Waals surface area contributed by atoms with Gasteiger partial charge >= 0.3 is 0 Å². The minimum Gasteiger partial charge on any atom is -0.330 e. The Bertz CT molecular complexity index is 305. The molecule has 0 aliphatic carbocycles. The fourth-order valence-electron chi connectivity index (χ4n) is 1.97. The molecule has 4 heteroatoms. The summed E-state index contributed by atoms with van der Waals surface area (Å²) in [6.07, 6.45) is 2.31. The maximum absolute atomic E-state index is 5.69. The van der Waals surface area contributed by atoms with Crippen LogP contribution < -0.4 is 5.73 Å². The number of aromatic nitrogens is 3. The van der Waals surface area contributed by atoms with Crippen LogP contribution in [0.25, 0.3) is 0 Å². The summed E-state index contributed by atoms with van der Waals surface area (Å²) in [7, 11) is 0. The van der Waals surface area contributed by atoms with Gasteiger partial charge in [0.15, 0.2) is 0 Å². The maximum atomic E-state index is 5.69. The Hall–Kier alpha value is -0.900. The van der Waals surface area contributed by atoms with Crippen LogP contribution in [-0.2, 0) is 0 Å². The zero-order chi connectivity index (χ0) is 9.42. The predicted molar refractivity (Wildman–Crippen MR) is 50.5 cm³/mol. The molecule has 2 atom stereocenters. The van der Waals surface area contributed by atoms with E-state index in [9.17, 15) is 0 Å². The van der Waals surface area contributed by atoms with E-state index in [0.717, 1.165) is 24.5 Å². The molecular weight excluding hydrogens is 164 g/mol. The second-order valence-corrected chi connectivity index (χ2v) is 3.82. The van der Waals surface area contributed by atoms with Crippen molar-refractivity contribution in [1.82, 2.24) is 14.8 Å². The molecule has 2 heterocycles. The van der Waals surface area contributed by atoms with Crippen molar-refractivity contribution in [2.24, 2.45) is 5.73 Å². The minimum absolute atomic E-state index is 0.414. The fourth-order valence-corrected chi connectivity index (χ4v) is 1.97. The van der Waals surface area contributed by atoms with Gasteiger partial charge in [-0.1, -0.05) is 0 Å². The van der Waals surface area contributed by atoms with Gasteiger partial charge in [-0.2, -0.15) is 5.10 Å². The van der Waals surface area contributed by atoms with Gasteiger partial charge in [0.25, 0.3) is 0 Å². The molecule has 4 nitrogen and oxygen atoms in total. The Morgan fingerprint density at radius 3 is 3.00 bits per heavy atom. The predicted octanol–water partition coefficient (Wildman–Crippen LogP) is 0.984. The van der Waals surface area contributed by atoms with Gasteiger partial charge in [0.05, 0.1) is 6.04 Å². The molecule has 0 amide bonds. The van der Waals surface area contributed by atoms with Gasteiger partial charge < -0.3 is 5.73 Å². The Balaban J connectivity index is 2.41. The van der Waals surface area contributed by atoms with Crippen LogP contribution in [0.15, 0.2) is 0 Å². The molecule has 0 bridgehead atoms. The molecule has 1 aromatic heterocycles. The standard InChI is InChI=1S/C9H16N4/c1-6-3-4-8(5-10)9-11-7(2)12-13(6)9/h6,8H,3-5,10H2,1-2H3. The number of nitrogens with two attached hydrogens (primary N) is 1. The molecule has 1 aromatic rings.